The van der Waals surface area contributed by atoms with Crippen LogP contribution < -0.4 is 0 Å². The van der Waals surface area contributed by atoms with Crippen molar-refractivity contribution in [3.8, 4) is 0 Å². The van der Waals surface area contributed by atoms with Gasteiger partial charge in [0.05, 0.1) is 0 Å². The molecule has 0 heterocycles. The van der Waals surface area contributed by atoms with Crippen LogP contribution in [0.4, 0.5) is 0 Å². The summed E-state index contributed by atoms with van der Waals surface area (Å²) in [6.07, 6.45) is 0. The van der Waals surface area contributed by atoms with Crippen molar-refractivity contribution < 1.29 is 42.8 Å². The third-order valence-electron chi connectivity index (χ3n) is 0. The van der Waals surface area contributed by atoms with E-state index in [-0.39, 0.29) is 42.7 Å². The second kappa shape index (κ2) is 21.7. The summed E-state index contributed by atoms with van der Waals surface area (Å²) in [5.74, 6) is 0. The van der Waals surface area contributed by atoms with Gasteiger partial charge in [-0.2, -0.15) is 0 Å². The van der Waals surface area contributed by atoms with Crippen molar-refractivity contribution >= 4 is 23.1 Å². The van der Waals surface area contributed by atoms with Crippen LogP contribution in [0.3, 0.4) is 0 Å². The van der Waals surface area contributed by atoms with E-state index in [1.165, 1.54) is 0 Å². The molecule has 0 atom stereocenters. The van der Waals surface area contributed by atoms with Crippen LogP contribution >= 0.6 is 0 Å². The fourth-order valence-electron chi connectivity index (χ4n) is 0. The minimum absolute atomic E-state index is 0. The van der Waals surface area contributed by atoms with Gasteiger partial charge in [-0.25, -0.2) is 0 Å². The quantitative estimate of drug-likeness (QED) is 0.560. The van der Waals surface area contributed by atoms with Crippen molar-refractivity contribution in [2.24, 2.45) is 0 Å². The maximum absolute atomic E-state index is 8.33. The average molecular weight is 285 g/mol. The van der Waals surface area contributed by atoms with E-state index >= 15 is 0 Å². The van der Waals surface area contributed by atoms with Gasteiger partial charge in [-0.1, -0.05) is 0 Å². The zero-order valence-electron chi connectivity index (χ0n) is 3.86. The van der Waals surface area contributed by atoms with Gasteiger partial charge in [0, 0.05) is 16.8 Å². The van der Waals surface area contributed by atoms with Crippen molar-refractivity contribution in [3.05, 3.63) is 0 Å². The van der Waals surface area contributed by atoms with Crippen molar-refractivity contribution in [1.29, 1.82) is 0 Å². The van der Waals surface area contributed by atoms with Crippen LogP contribution in [0.1, 0.15) is 2.85 Å². The van der Waals surface area contributed by atoms with E-state index in [0.29, 0.717) is 19.8 Å². The number of hydrogen-bond acceptors (Lipinski definition) is 1. The van der Waals surface area contributed by atoms with Gasteiger partial charge >= 0.3 is 46.2 Å². The van der Waals surface area contributed by atoms with Gasteiger partial charge in [0.1, 0.15) is 0 Å². The Hall–Kier alpha value is 1.76. The zero-order valence-corrected chi connectivity index (χ0v) is 7.25. The molecule has 0 bridgehead atoms. The zero-order chi connectivity index (χ0) is 2.00. The van der Waals surface area contributed by atoms with Crippen molar-refractivity contribution in [2.75, 3.05) is 0 Å². The van der Waals surface area contributed by atoms with Crippen molar-refractivity contribution in [1.82, 2.24) is 0 Å². The van der Waals surface area contributed by atoms with E-state index in [4.69, 9.17) is 3.40 Å². The van der Waals surface area contributed by atoms with Crippen LogP contribution in [-0.2, 0) is 40.0 Å². The summed E-state index contributed by atoms with van der Waals surface area (Å²) in [6.45, 7) is 0. The molecule has 0 saturated carbocycles. The van der Waals surface area contributed by atoms with Gasteiger partial charge in [0.15, 0.2) is 0 Å². The van der Waals surface area contributed by atoms with E-state index in [0.717, 1.165) is 0 Å². The molecule has 4 heavy (non-hydrogen) atoms. The van der Waals surface area contributed by atoms with Gasteiger partial charge in [0.2, 0.25) is 0 Å². The number of hydrogen-bond donors (Lipinski definition) is 0. The summed E-state index contributed by atoms with van der Waals surface area (Å²) in [6, 6.07) is 0. The molecule has 0 aromatic carbocycles. The minimum atomic E-state index is 0. The molecule has 0 unspecified atom stereocenters. The molecule has 0 rings (SSSR count). The fourth-order valence-corrected chi connectivity index (χ4v) is 0. The van der Waals surface area contributed by atoms with Crippen molar-refractivity contribution in [3.63, 3.8) is 0 Å². The molecule has 0 saturated heterocycles. The van der Waals surface area contributed by atoms with Crippen LogP contribution in [-0.4, -0.2) is 23.1 Å². The van der Waals surface area contributed by atoms with E-state index in [2.05, 4.69) is 0 Å². The molecule has 4 heteroatoms. The Morgan fingerprint density at radius 2 is 1.50 bits per heavy atom. The molecule has 0 aliphatic carbocycles. The second-order valence-corrected chi connectivity index (χ2v) is 0. The van der Waals surface area contributed by atoms with Crippen LogP contribution in [0.2, 0.25) is 0 Å². The van der Waals surface area contributed by atoms with Gasteiger partial charge in [-0.15, -0.1) is 0 Å². The van der Waals surface area contributed by atoms with E-state index in [1.807, 2.05) is 0 Å². The molecule has 0 amide bonds. The Morgan fingerprint density at radius 3 is 1.50 bits per heavy atom. The fraction of sp³-hybridized carbons (Fsp3) is 0. The van der Waals surface area contributed by atoms with Gasteiger partial charge in [0.25, 0.3) is 0 Å². The predicted octanol–water partition coefficient (Wildman–Crippen LogP) is -0.280. The van der Waals surface area contributed by atoms with E-state index < -0.39 is 0 Å². The summed E-state index contributed by atoms with van der Waals surface area (Å²) in [5.41, 5.74) is 0. The van der Waals surface area contributed by atoms with E-state index in [1.54, 1.807) is 0 Å². The maximum atomic E-state index is 8.33. The standard InChI is InChI=1S/Co.Mg.O.W.2H/q;+2;;;2*-1. The summed E-state index contributed by atoms with van der Waals surface area (Å²) < 4.78 is 8.33. The number of rotatable bonds is 0. The molecule has 1 radical (unpaired) electrons. The average Bonchev–Trinajstić information content (AvgIpc) is 1.00. The topological polar surface area (TPSA) is 17.1 Å². The molecule has 25 valence electrons. The van der Waals surface area contributed by atoms with Crippen LogP contribution in [0, 0.1) is 0 Å². The third kappa shape index (κ3) is 9.25. The molecule has 1 nitrogen and oxygen atoms in total. The summed E-state index contributed by atoms with van der Waals surface area (Å²) in [5, 5.41) is 0. The molecule has 0 fully saturated rings. The first kappa shape index (κ1) is 17.1. The summed E-state index contributed by atoms with van der Waals surface area (Å²) in [7, 11) is 0. The Labute approximate surface area is 65.4 Å². The molecule has 0 aromatic heterocycles. The first-order valence-electron chi connectivity index (χ1n) is 0.167. The van der Waals surface area contributed by atoms with Gasteiger partial charge < -0.3 is 2.85 Å². The molecule has 0 spiro atoms. The van der Waals surface area contributed by atoms with Gasteiger partial charge in [-0.3, -0.25) is 0 Å². The first-order chi connectivity index (χ1) is 1.00. The monoisotopic (exact) mass is 285 g/mol. The summed E-state index contributed by atoms with van der Waals surface area (Å²) in [4.78, 5) is 0. The Morgan fingerprint density at radius 1 is 1.50 bits per heavy atom. The Kier molecular flexibility index (Phi) is 93.0. The van der Waals surface area contributed by atoms with Crippen LogP contribution in [0.15, 0.2) is 0 Å². The van der Waals surface area contributed by atoms with E-state index in [9.17, 15) is 0 Å². The Balaban J connectivity index is -0.000000000833. The SMILES string of the molecule is [Co].[H-].[H-].[Mg+2].[O]=[W]. The predicted molar refractivity (Wildman–Crippen MR) is 8.66 cm³/mol. The van der Waals surface area contributed by atoms with Crippen LogP contribution in [0.5, 0.6) is 0 Å². The van der Waals surface area contributed by atoms with Crippen LogP contribution in [0.25, 0.3) is 0 Å². The second-order valence-electron chi connectivity index (χ2n) is 0. The molecule has 0 N–H and O–H groups in total. The molecular weight excluding hydrogens is 283 g/mol. The Bertz CT molecular complexity index is 13.5. The molecule has 0 aromatic rings. The van der Waals surface area contributed by atoms with Gasteiger partial charge in [-0.05, 0) is 0 Å². The first-order valence-corrected chi connectivity index (χ1v) is 1.36. The normalized spacial score (nSPS) is 1.00. The molecular formula is H2CoMgOW. The van der Waals surface area contributed by atoms with Crippen molar-refractivity contribution in [2.45, 2.75) is 0 Å². The molecule has 0 aliphatic heterocycles. The molecule has 0 aliphatic rings. The summed E-state index contributed by atoms with van der Waals surface area (Å²) >= 11 is 0.333. The third-order valence-corrected chi connectivity index (χ3v) is 0.